The number of benzene rings is 1. The zero-order chi connectivity index (χ0) is 19.7. The maximum Gasteiger partial charge on any atom is 0.234 e. The fourth-order valence-corrected chi connectivity index (χ4v) is 2.72. The second-order valence-corrected chi connectivity index (χ2v) is 7.09. The predicted molar refractivity (Wildman–Crippen MR) is 104 cm³/mol. The summed E-state index contributed by atoms with van der Waals surface area (Å²) in [6.07, 6.45) is 0. The normalized spacial score (nSPS) is 12.3. The van der Waals surface area contributed by atoms with Crippen LogP contribution in [0.2, 0.25) is 0 Å². The Morgan fingerprint density at radius 1 is 1.00 bits per heavy atom. The van der Waals surface area contributed by atoms with Crippen LogP contribution in [0.15, 0.2) is 24.3 Å². The van der Waals surface area contributed by atoms with Gasteiger partial charge in [0.05, 0.1) is 26.2 Å². The smallest absolute Gasteiger partial charge is 0.234 e. The Morgan fingerprint density at radius 2 is 1.54 bits per heavy atom. The van der Waals surface area contributed by atoms with Crippen LogP contribution in [0.1, 0.15) is 46.2 Å². The van der Waals surface area contributed by atoms with E-state index in [1.54, 1.807) is 7.11 Å². The van der Waals surface area contributed by atoms with Gasteiger partial charge in [0.15, 0.2) is 0 Å². The molecule has 0 fully saturated rings. The third-order valence-corrected chi connectivity index (χ3v) is 4.09. The van der Waals surface area contributed by atoms with Gasteiger partial charge in [0.25, 0.3) is 0 Å². The molecule has 1 atom stereocenters. The second kappa shape index (κ2) is 10.8. The van der Waals surface area contributed by atoms with E-state index in [1.807, 2.05) is 49.9 Å². The number of nitrogens with one attached hydrogen (secondary N) is 2. The minimum atomic E-state index is -0.0865. The largest absolute Gasteiger partial charge is 0.497 e. The number of likely N-dealkylation sites (N-methyl/N-ethyl adjacent to an activating group) is 1. The zero-order valence-electron chi connectivity index (χ0n) is 16.8. The van der Waals surface area contributed by atoms with Gasteiger partial charge < -0.3 is 15.4 Å². The molecular weight excluding hydrogens is 330 g/mol. The van der Waals surface area contributed by atoms with Crippen molar-refractivity contribution in [1.82, 2.24) is 15.5 Å². The molecule has 146 valence electrons. The molecule has 6 nitrogen and oxygen atoms in total. The number of methoxy groups -OCH3 is 1. The van der Waals surface area contributed by atoms with Crippen LogP contribution >= 0.6 is 0 Å². The quantitative estimate of drug-likeness (QED) is 0.669. The van der Waals surface area contributed by atoms with Crippen molar-refractivity contribution in [3.05, 3.63) is 29.8 Å². The van der Waals surface area contributed by atoms with Crippen LogP contribution in [-0.4, -0.2) is 49.5 Å². The highest BCUT2D eigenvalue weighted by atomic mass is 16.5. The summed E-state index contributed by atoms with van der Waals surface area (Å²) in [5.41, 5.74) is 1.04. The molecule has 1 aromatic carbocycles. The highest BCUT2D eigenvalue weighted by Gasteiger charge is 2.20. The van der Waals surface area contributed by atoms with E-state index in [-0.39, 0.29) is 42.9 Å². The molecule has 1 aromatic rings. The maximum atomic E-state index is 12.5. The van der Waals surface area contributed by atoms with Crippen molar-refractivity contribution in [2.75, 3.05) is 26.7 Å². The number of hydrogen-bond donors (Lipinski definition) is 2. The van der Waals surface area contributed by atoms with Gasteiger partial charge in [-0.15, -0.1) is 0 Å². The number of carbonyl (C=O) groups is 2. The van der Waals surface area contributed by atoms with Crippen LogP contribution in [0.3, 0.4) is 0 Å². The summed E-state index contributed by atoms with van der Waals surface area (Å²) in [5.74, 6) is 0.881. The Bertz CT molecular complexity index is 570. The van der Waals surface area contributed by atoms with E-state index in [4.69, 9.17) is 4.74 Å². The third kappa shape index (κ3) is 7.44. The molecule has 2 N–H and O–H groups in total. The molecule has 0 bridgehead atoms. The summed E-state index contributed by atoms with van der Waals surface area (Å²) in [6, 6.07) is 7.73. The van der Waals surface area contributed by atoms with E-state index in [2.05, 4.69) is 24.5 Å². The second-order valence-electron chi connectivity index (χ2n) is 7.09. The molecule has 0 heterocycles. The molecule has 0 aromatic heterocycles. The van der Waals surface area contributed by atoms with E-state index < -0.39 is 0 Å². The van der Waals surface area contributed by atoms with Crippen LogP contribution < -0.4 is 15.4 Å². The lowest BCUT2D eigenvalue weighted by atomic mass is 9.96. The molecule has 6 heteroatoms. The minimum absolute atomic E-state index is 0.0646. The van der Waals surface area contributed by atoms with Crippen molar-refractivity contribution in [2.45, 2.75) is 46.7 Å². The van der Waals surface area contributed by atoms with Gasteiger partial charge in [0.2, 0.25) is 11.8 Å². The molecule has 0 aliphatic rings. The van der Waals surface area contributed by atoms with Gasteiger partial charge in [-0.3, -0.25) is 14.5 Å². The lowest BCUT2D eigenvalue weighted by Gasteiger charge is -2.26. The fraction of sp³-hybridized carbons (Fsp3) is 0.600. The van der Waals surface area contributed by atoms with E-state index in [9.17, 15) is 9.59 Å². The first-order chi connectivity index (χ1) is 12.3. The molecular formula is C20H33N3O3. The Hall–Kier alpha value is -2.08. The molecule has 26 heavy (non-hydrogen) atoms. The summed E-state index contributed by atoms with van der Waals surface area (Å²) < 4.78 is 5.19. The van der Waals surface area contributed by atoms with Crippen molar-refractivity contribution in [3.8, 4) is 5.75 Å². The zero-order valence-corrected chi connectivity index (χ0v) is 16.8. The third-order valence-electron chi connectivity index (χ3n) is 4.09. The molecule has 0 radical (unpaired) electrons. The number of amides is 2. The average molecular weight is 364 g/mol. The molecule has 2 amide bonds. The monoisotopic (exact) mass is 363 g/mol. The minimum Gasteiger partial charge on any atom is -0.497 e. The number of rotatable bonds is 10. The van der Waals surface area contributed by atoms with Crippen molar-refractivity contribution >= 4 is 11.8 Å². The van der Waals surface area contributed by atoms with Crippen LogP contribution in [-0.2, 0) is 9.59 Å². The van der Waals surface area contributed by atoms with E-state index in [0.717, 1.165) is 11.3 Å². The number of nitrogens with zero attached hydrogens (tertiary/aromatic N) is 1. The highest BCUT2D eigenvalue weighted by molar-refractivity contribution is 5.81. The maximum absolute atomic E-state index is 12.5. The Morgan fingerprint density at radius 3 is 1.96 bits per heavy atom. The predicted octanol–water partition coefficient (Wildman–Crippen LogP) is 2.36. The van der Waals surface area contributed by atoms with Crippen LogP contribution in [0.4, 0.5) is 0 Å². The number of ether oxygens (including phenoxy) is 1. The van der Waals surface area contributed by atoms with Gasteiger partial charge in [-0.25, -0.2) is 0 Å². The number of hydrogen-bond acceptors (Lipinski definition) is 4. The van der Waals surface area contributed by atoms with E-state index >= 15 is 0 Å². The van der Waals surface area contributed by atoms with Gasteiger partial charge in [0, 0.05) is 6.04 Å². The summed E-state index contributed by atoms with van der Waals surface area (Å²) in [4.78, 5) is 26.3. The summed E-state index contributed by atoms with van der Waals surface area (Å²) in [5, 5.41) is 5.95. The van der Waals surface area contributed by atoms with Gasteiger partial charge in [0.1, 0.15) is 5.75 Å². The topological polar surface area (TPSA) is 70.7 Å². The van der Waals surface area contributed by atoms with Gasteiger partial charge >= 0.3 is 0 Å². The molecule has 1 rings (SSSR count). The van der Waals surface area contributed by atoms with Gasteiger partial charge in [-0.05, 0) is 44.0 Å². The van der Waals surface area contributed by atoms with E-state index in [0.29, 0.717) is 6.54 Å². The highest BCUT2D eigenvalue weighted by Crippen LogP contribution is 2.23. The summed E-state index contributed by atoms with van der Waals surface area (Å²) >= 11 is 0. The summed E-state index contributed by atoms with van der Waals surface area (Å²) in [7, 11) is 1.63. The molecule has 1 unspecified atom stereocenters. The van der Waals surface area contributed by atoms with Crippen LogP contribution in [0.25, 0.3) is 0 Å². The van der Waals surface area contributed by atoms with Gasteiger partial charge in [-0.1, -0.05) is 32.9 Å². The lowest BCUT2D eigenvalue weighted by molar-refractivity contribution is -0.125. The first kappa shape index (κ1) is 22.0. The Balaban J connectivity index is 2.69. The molecule has 0 aliphatic carbocycles. The first-order valence-corrected chi connectivity index (χ1v) is 9.21. The summed E-state index contributed by atoms with van der Waals surface area (Å²) in [6.45, 7) is 11.0. The van der Waals surface area contributed by atoms with Crippen LogP contribution in [0.5, 0.6) is 5.75 Å². The van der Waals surface area contributed by atoms with Crippen molar-refractivity contribution in [3.63, 3.8) is 0 Å². The van der Waals surface area contributed by atoms with Gasteiger partial charge in [-0.2, -0.15) is 0 Å². The van der Waals surface area contributed by atoms with E-state index in [1.165, 1.54) is 0 Å². The SMILES string of the molecule is CCN(CC(=O)NC(C)C)CC(=O)NC(c1ccc(OC)cc1)C(C)C. The molecule has 0 spiro atoms. The standard InChI is InChI=1S/C20H33N3O3/c1-7-23(12-18(24)21-15(4)5)13-19(25)22-20(14(2)3)16-8-10-17(26-6)11-9-16/h8-11,14-15,20H,7,12-13H2,1-6H3,(H,21,24)(H,22,25). The molecule has 0 saturated heterocycles. The Labute approximate surface area is 157 Å². The van der Waals surface area contributed by atoms with Crippen molar-refractivity contribution in [2.24, 2.45) is 5.92 Å². The molecule has 0 saturated carbocycles. The first-order valence-electron chi connectivity index (χ1n) is 9.21. The van der Waals surface area contributed by atoms with Crippen molar-refractivity contribution < 1.29 is 14.3 Å². The Kier molecular flexibility index (Phi) is 9.13. The molecule has 0 aliphatic heterocycles. The fourth-order valence-electron chi connectivity index (χ4n) is 2.72. The van der Waals surface area contributed by atoms with Crippen LogP contribution in [0, 0.1) is 5.92 Å². The van der Waals surface area contributed by atoms with Crippen molar-refractivity contribution in [1.29, 1.82) is 0 Å². The lowest BCUT2D eigenvalue weighted by Crippen LogP contribution is -2.45. The number of carbonyl (C=O) groups excluding carboxylic acids is 2. The average Bonchev–Trinajstić information content (AvgIpc) is 2.58.